The topological polar surface area (TPSA) is 96.6 Å². The Kier molecular flexibility index (Phi) is 5.23. The van der Waals surface area contributed by atoms with E-state index in [0.29, 0.717) is 10.6 Å². The lowest BCUT2D eigenvalue weighted by Gasteiger charge is -2.09. The molecule has 132 valence electrons. The minimum Gasteiger partial charge on any atom is -0.376 e. The van der Waals surface area contributed by atoms with Gasteiger partial charge in [-0.15, -0.1) is 11.3 Å². The van der Waals surface area contributed by atoms with E-state index in [4.69, 9.17) is 0 Å². The monoisotopic (exact) mass is 368 g/mol. The van der Waals surface area contributed by atoms with Gasteiger partial charge in [-0.3, -0.25) is 14.9 Å². The van der Waals surface area contributed by atoms with Crippen molar-refractivity contribution in [2.45, 2.75) is 6.92 Å². The largest absolute Gasteiger partial charge is 0.376 e. The Morgan fingerprint density at radius 1 is 1.23 bits per heavy atom. The molecule has 1 heterocycles. The predicted molar refractivity (Wildman–Crippen MR) is 104 cm³/mol. The quantitative estimate of drug-likeness (QED) is 0.393. The van der Waals surface area contributed by atoms with Crippen LogP contribution in [0, 0.1) is 10.1 Å². The number of hydrazone groups is 1. The third kappa shape index (κ3) is 4.04. The van der Waals surface area contributed by atoms with Crippen LogP contribution in [-0.4, -0.2) is 23.1 Å². The molecule has 2 N–H and O–H groups in total. The van der Waals surface area contributed by atoms with Crippen LogP contribution in [0.25, 0.3) is 10.8 Å². The summed E-state index contributed by atoms with van der Waals surface area (Å²) in [6, 6.07) is 15.2. The van der Waals surface area contributed by atoms with Crippen LogP contribution >= 0.6 is 11.3 Å². The van der Waals surface area contributed by atoms with E-state index in [1.54, 1.807) is 6.92 Å². The first-order chi connectivity index (χ1) is 12.5. The minimum absolute atomic E-state index is 0.0171. The fourth-order valence-electron chi connectivity index (χ4n) is 2.41. The van der Waals surface area contributed by atoms with E-state index in [-0.39, 0.29) is 18.1 Å². The van der Waals surface area contributed by atoms with Crippen molar-refractivity contribution in [2.24, 2.45) is 5.10 Å². The molecule has 0 saturated carbocycles. The summed E-state index contributed by atoms with van der Waals surface area (Å²) in [4.78, 5) is 22.9. The van der Waals surface area contributed by atoms with Crippen molar-refractivity contribution in [1.82, 2.24) is 5.43 Å². The molecule has 0 fully saturated rings. The molecule has 26 heavy (non-hydrogen) atoms. The van der Waals surface area contributed by atoms with Gasteiger partial charge in [-0.2, -0.15) is 5.10 Å². The predicted octanol–water partition coefficient (Wildman–Crippen LogP) is 3.76. The van der Waals surface area contributed by atoms with Gasteiger partial charge in [0.05, 0.1) is 27.4 Å². The number of thiophene rings is 1. The van der Waals surface area contributed by atoms with Gasteiger partial charge in [0, 0.05) is 17.1 Å². The highest BCUT2D eigenvalue weighted by atomic mass is 32.1. The third-order valence-corrected chi connectivity index (χ3v) is 4.76. The minimum atomic E-state index is -0.458. The zero-order valence-electron chi connectivity index (χ0n) is 13.9. The van der Waals surface area contributed by atoms with Crippen LogP contribution < -0.4 is 10.7 Å². The molecule has 0 aliphatic heterocycles. The normalized spacial score (nSPS) is 11.3. The number of hydrogen-bond donors (Lipinski definition) is 2. The Bertz CT molecular complexity index is 992. The molecule has 0 aliphatic carbocycles. The molecule has 0 radical (unpaired) electrons. The number of rotatable bonds is 6. The molecule has 2 aromatic carbocycles. The van der Waals surface area contributed by atoms with E-state index >= 15 is 0 Å². The van der Waals surface area contributed by atoms with Gasteiger partial charge < -0.3 is 5.32 Å². The standard InChI is InChI=1S/C18H16N4O3S/c1-12(17-9-14(11-26-17)22(24)25)20-21-18(23)10-19-16-8-4-6-13-5-2-3-7-15(13)16/h2-9,11,19H,10H2,1H3,(H,21,23)/b20-12-. The lowest BCUT2D eigenvalue weighted by molar-refractivity contribution is -0.384. The molecule has 0 aliphatic rings. The summed E-state index contributed by atoms with van der Waals surface area (Å²) in [6.07, 6.45) is 0. The number of fused-ring (bicyclic) bond motifs is 1. The van der Waals surface area contributed by atoms with Crippen molar-refractivity contribution in [3.8, 4) is 0 Å². The zero-order chi connectivity index (χ0) is 18.5. The lowest BCUT2D eigenvalue weighted by Crippen LogP contribution is -2.26. The Morgan fingerprint density at radius 2 is 2.00 bits per heavy atom. The number of amides is 1. The molecule has 0 saturated heterocycles. The van der Waals surface area contributed by atoms with E-state index < -0.39 is 4.92 Å². The van der Waals surface area contributed by atoms with Crippen LogP contribution in [-0.2, 0) is 4.79 Å². The van der Waals surface area contributed by atoms with Gasteiger partial charge in [0.25, 0.3) is 11.6 Å². The van der Waals surface area contributed by atoms with Gasteiger partial charge in [-0.25, -0.2) is 5.43 Å². The van der Waals surface area contributed by atoms with Crippen molar-refractivity contribution < 1.29 is 9.72 Å². The summed E-state index contributed by atoms with van der Waals surface area (Å²) in [7, 11) is 0. The maximum atomic E-state index is 12.0. The average molecular weight is 368 g/mol. The van der Waals surface area contributed by atoms with Gasteiger partial charge in [0.1, 0.15) is 0 Å². The lowest BCUT2D eigenvalue weighted by atomic mass is 10.1. The number of carbonyl (C=O) groups is 1. The van der Waals surface area contributed by atoms with Crippen molar-refractivity contribution in [3.05, 3.63) is 68.9 Å². The van der Waals surface area contributed by atoms with Gasteiger partial charge in [-0.05, 0) is 18.4 Å². The molecule has 1 aromatic heterocycles. The van der Waals surface area contributed by atoms with Gasteiger partial charge in [-0.1, -0.05) is 36.4 Å². The van der Waals surface area contributed by atoms with Gasteiger partial charge in [0.2, 0.25) is 0 Å². The molecular weight excluding hydrogens is 352 g/mol. The fourth-order valence-corrected chi connectivity index (χ4v) is 3.21. The number of nitrogens with one attached hydrogen (secondary N) is 2. The van der Waals surface area contributed by atoms with Crippen molar-refractivity contribution in [3.63, 3.8) is 0 Å². The summed E-state index contributed by atoms with van der Waals surface area (Å²) in [5, 5.41) is 21.4. The summed E-state index contributed by atoms with van der Waals surface area (Å²) >= 11 is 1.21. The Labute approximate surface area is 153 Å². The van der Waals surface area contributed by atoms with E-state index in [1.165, 1.54) is 22.8 Å². The van der Waals surface area contributed by atoms with Crippen molar-refractivity contribution >= 4 is 45.1 Å². The maximum absolute atomic E-state index is 12.0. The maximum Gasteiger partial charge on any atom is 0.280 e. The highest BCUT2D eigenvalue weighted by Gasteiger charge is 2.11. The second kappa shape index (κ2) is 7.75. The van der Waals surface area contributed by atoms with Crippen LogP contribution in [0.2, 0.25) is 0 Å². The van der Waals surface area contributed by atoms with E-state index in [0.717, 1.165) is 16.5 Å². The number of nitro groups is 1. The van der Waals surface area contributed by atoms with Gasteiger partial charge in [0.15, 0.2) is 0 Å². The molecule has 7 nitrogen and oxygen atoms in total. The molecular formula is C18H16N4O3S. The van der Waals surface area contributed by atoms with Crippen LogP contribution in [0.15, 0.2) is 59.0 Å². The summed E-state index contributed by atoms with van der Waals surface area (Å²) in [5.41, 5.74) is 3.86. The Morgan fingerprint density at radius 3 is 2.77 bits per heavy atom. The summed E-state index contributed by atoms with van der Waals surface area (Å²) in [5.74, 6) is -0.302. The number of hydrogen-bond acceptors (Lipinski definition) is 6. The molecule has 1 amide bonds. The summed E-state index contributed by atoms with van der Waals surface area (Å²) < 4.78 is 0. The van der Waals surface area contributed by atoms with E-state index in [2.05, 4.69) is 15.8 Å². The Balaban J connectivity index is 1.60. The first-order valence-corrected chi connectivity index (χ1v) is 8.70. The first-order valence-electron chi connectivity index (χ1n) is 7.82. The average Bonchev–Trinajstić information content (AvgIpc) is 3.15. The summed E-state index contributed by atoms with van der Waals surface area (Å²) in [6.45, 7) is 1.75. The van der Waals surface area contributed by atoms with Crippen molar-refractivity contribution in [1.29, 1.82) is 0 Å². The van der Waals surface area contributed by atoms with Crippen LogP contribution in [0.4, 0.5) is 11.4 Å². The molecule has 0 atom stereocenters. The molecule has 0 spiro atoms. The number of anilines is 1. The molecule has 3 rings (SSSR count). The number of nitrogens with zero attached hydrogens (tertiary/aromatic N) is 2. The smallest absolute Gasteiger partial charge is 0.280 e. The van der Waals surface area contributed by atoms with E-state index in [9.17, 15) is 14.9 Å². The molecule has 0 bridgehead atoms. The number of carbonyl (C=O) groups excluding carboxylic acids is 1. The SMILES string of the molecule is C/C(=N/NC(=O)CNc1cccc2ccccc12)c1cc([N+](=O)[O-])cs1. The highest BCUT2D eigenvalue weighted by molar-refractivity contribution is 7.12. The number of benzene rings is 2. The molecule has 0 unspecified atom stereocenters. The second-order valence-electron chi connectivity index (χ2n) is 5.54. The van der Waals surface area contributed by atoms with E-state index in [1.807, 2.05) is 42.5 Å². The van der Waals surface area contributed by atoms with Crippen LogP contribution in [0.1, 0.15) is 11.8 Å². The highest BCUT2D eigenvalue weighted by Crippen LogP contribution is 2.23. The van der Waals surface area contributed by atoms with Crippen molar-refractivity contribution in [2.75, 3.05) is 11.9 Å². The molecule has 8 heteroatoms. The Hall–Kier alpha value is -3.26. The third-order valence-electron chi connectivity index (χ3n) is 3.73. The first kappa shape index (κ1) is 17.6. The van der Waals surface area contributed by atoms with Gasteiger partial charge >= 0.3 is 0 Å². The zero-order valence-corrected chi connectivity index (χ0v) is 14.7. The fraction of sp³-hybridized carbons (Fsp3) is 0.111. The van der Waals surface area contributed by atoms with Crippen LogP contribution in [0.5, 0.6) is 0 Å². The van der Waals surface area contributed by atoms with Crippen LogP contribution in [0.3, 0.4) is 0 Å². The second-order valence-corrected chi connectivity index (χ2v) is 6.45. The molecule has 3 aromatic rings.